The summed E-state index contributed by atoms with van der Waals surface area (Å²) in [7, 11) is 1.66. The van der Waals surface area contributed by atoms with Gasteiger partial charge in [-0.1, -0.05) is 13.8 Å². The number of rotatable bonds is 7. The fraction of sp³-hybridized carbons (Fsp3) is 1.00. The van der Waals surface area contributed by atoms with Crippen molar-refractivity contribution in [3.8, 4) is 0 Å². The fourth-order valence-electron chi connectivity index (χ4n) is 1.16. The summed E-state index contributed by atoms with van der Waals surface area (Å²) in [5.74, 6) is 0. The van der Waals surface area contributed by atoms with Crippen LogP contribution in [0.3, 0.4) is 0 Å². The molecule has 1 atom stereocenters. The maximum Gasteiger partial charge on any atom is 0.0666 e. The van der Waals surface area contributed by atoms with Gasteiger partial charge in [0.25, 0.3) is 0 Å². The standard InChI is InChI=1S/C9H21NO2/c1-4-6-10-9(5-2,7-11)8-12-3/h10-11H,4-8H2,1-3H3. The molecule has 0 saturated heterocycles. The van der Waals surface area contributed by atoms with Crippen LogP contribution in [0, 0.1) is 0 Å². The lowest BCUT2D eigenvalue weighted by Crippen LogP contribution is -2.51. The Balaban J connectivity index is 3.95. The first-order chi connectivity index (χ1) is 5.74. The molecule has 0 heterocycles. The number of nitrogens with one attached hydrogen (secondary N) is 1. The third-order valence-corrected chi connectivity index (χ3v) is 2.15. The second kappa shape index (κ2) is 6.40. The Hall–Kier alpha value is -0.120. The summed E-state index contributed by atoms with van der Waals surface area (Å²) in [5, 5.41) is 12.5. The molecular formula is C9H21NO2. The summed E-state index contributed by atoms with van der Waals surface area (Å²) in [5.41, 5.74) is -0.231. The summed E-state index contributed by atoms with van der Waals surface area (Å²) in [6.07, 6.45) is 1.96. The minimum Gasteiger partial charge on any atom is -0.394 e. The predicted octanol–water partition coefficient (Wildman–Crippen LogP) is 0.773. The number of methoxy groups -OCH3 is 1. The van der Waals surface area contributed by atoms with E-state index in [-0.39, 0.29) is 12.1 Å². The zero-order chi connectivity index (χ0) is 9.45. The van der Waals surface area contributed by atoms with E-state index in [2.05, 4.69) is 19.2 Å². The van der Waals surface area contributed by atoms with E-state index in [4.69, 9.17) is 4.74 Å². The van der Waals surface area contributed by atoms with Gasteiger partial charge in [-0.05, 0) is 19.4 Å². The Morgan fingerprint density at radius 3 is 2.42 bits per heavy atom. The largest absolute Gasteiger partial charge is 0.394 e. The molecule has 0 aliphatic heterocycles. The average Bonchev–Trinajstić information content (AvgIpc) is 2.13. The summed E-state index contributed by atoms with van der Waals surface area (Å²) in [4.78, 5) is 0. The number of ether oxygens (including phenoxy) is 1. The smallest absolute Gasteiger partial charge is 0.0666 e. The van der Waals surface area contributed by atoms with Crippen LogP contribution in [0.25, 0.3) is 0 Å². The zero-order valence-corrected chi connectivity index (χ0v) is 8.39. The van der Waals surface area contributed by atoms with Gasteiger partial charge in [-0.3, -0.25) is 0 Å². The van der Waals surface area contributed by atoms with E-state index >= 15 is 0 Å². The highest BCUT2D eigenvalue weighted by Gasteiger charge is 2.25. The van der Waals surface area contributed by atoms with Crippen LogP contribution < -0.4 is 5.32 Å². The van der Waals surface area contributed by atoms with Crippen LogP contribution in [0.1, 0.15) is 26.7 Å². The first-order valence-electron chi connectivity index (χ1n) is 4.59. The number of aliphatic hydroxyl groups is 1. The SMILES string of the molecule is CCCNC(CC)(CO)COC. The van der Waals surface area contributed by atoms with E-state index in [1.54, 1.807) is 7.11 Å². The highest BCUT2D eigenvalue weighted by Crippen LogP contribution is 2.09. The van der Waals surface area contributed by atoms with Gasteiger partial charge in [0.05, 0.1) is 18.8 Å². The van der Waals surface area contributed by atoms with Crippen molar-refractivity contribution in [1.82, 2.24) is 5.32 Å². The molecular weight excluding hydrogens is 154 g/mol. The maximum absolute atomic E-state index is 9.19. The monoisotopic (exact) mass is 175 g/mol. The Morgan fingerprint density at radius 1 is 1.42 bits per heavy atom. The van der Waals surface area contributed by atoms with Crippen molar-refractivity contribution in [2.24, 2.45) is 0 Å². The van der Waals surface area contributed by atoms with Crippen molar-refractivity contribution in [2.75, 3.05) is 26.9 Å². The molecule has 0 aromatic heterocycles. The number of aliphatic hydroxyl groups excluding tert-OH is 1. The molecule has 0 aromatic rings. The lowest BCUT2D eigenvalue weighted by Gasteiger charge is -2.31. The van der Waals surface area contributed by atoms with E-state index in [9.17, 15) is 5.11 Å². The van der Waals surface area contributed by atoms with Gasteiger partial charge >= 0.3 is 0 Å². The molecule has 0 saturated carbocycles. The van der Waals surface area contributed by atoms with Gasteiger partial charge in [0.15, 0.2) is 0 Å². The Morgan fingerprint density at radius 2 is 2.08 bits per heavy atom. The summed E-state index contributed by atoms with van der Waals surface area (Å²) < 4.78 is 5.06. The molecule has 74 valence electrons. The average molecular weight is 175 g/mol. The number of hydrogen-bond donors (Lipinski definition) is 2. The molecule has 1 unspecified atom stereocenters. The predicted molar refractivity (Wildman–Crippen MR) is 50.3 cm³/mol. The quantitative estimate of drug-likeness (QED) is 0.600. The third-order valence-electron chi connectivity index (χ3n) is 2.15. The summed E-state index contributed by atoms with van der Waals surface area (Å²) in [6, 6.07) is 0. The minimum atomic E-state index is -0.231. The highest BCUT2D eigenvalue weighted by molar-refractivity contribution is 4.85. The first-order valence-corrected chi connectivity index (χ1v) is 4.59. The van der Waals surface area contributed by atoms with Crippen LogP contribution in [0.15, 0.2) is 0 Å². The van der Waals surface area contributed by atoms with E-state index in [1.807, 2.05) is 0 Å². The molecule has 0 aliphatic carbocycles. The second-order valence-corrected chi connectivity index (χ2v) is 3.15. The van der Waals surface area contributed by atoms with Gasteiger partial charge in [0.2, 0.25) is 0 Å². The summed E-state index contributed by atoms with van der Waals surface area (Å²) in [6.45, 7) is 5.80. The van der Waals surface area contributed by atoms with Crippen molar-refractivity contribution in [3.05, 3.63) is 0 Å². The van der Waals surface area contributed by atoms with Crippen molar-refractivity contribution in [2.45, 2.75) is 32.2 Å². The molecule has 0 rings (SSSR count). The van der Waals surface area contributed by atoms with Crippen molar-refractivity contribution in [1.29, 1.82) is 0 Å². The van der Waals surface area contributed by atoms with Crippen molar-refractivity contribution in [3.63, 3.8) is 0 Å². The molecule has 0 radical (unpaired) electrons. The molecule has 3 heteroatoms. The van der Waals surface area contributed by atoms with Gasteiger partial charge in [-0.15, -0.1) is 0 Å². The topological polar surface area (TPSA) is 41.5 Å². The van der Waals surface area contributed by atoms with Crippen molar-refractivity contribution >= 4 is 0 Å². The van der Waals surface area contributed by atoms with Crippen LogP contribution in [0.2, 0.25) is 0 Å². The van der Waals surface area contributed by atoms with E-state index in [0.29, 0.717) is 6.61 Å². The third kappa shape index (κ3) is 3.52. The van der Waals surface area contributed by atoms with E-state index in [1.165, 1.54) is 0 Å². The van der Waals surface area contributed by atoms with Crippen LogP contribution >= 0.6 is 0 Å². The Bertz CT molecular complexity index is 103. The fourth-order valence-corrected chi connectivity index (χ4v) is 1.16. The molecule has 12 heavy (non-hydrogen) atoms. The Kier molecular flexibility index (Phi) is 6.34. The van der Waals surface area contributed by atoms with Gasteiger partial charge < -0.3 is 15.2 Å². The van der Waals surface area contributed by atoms with E-state index < -0.39 is 0 Å². The minimum absolute atomic E-state index is 0.136. The molecule has 0 aromatic carbocycles. The lowest BCUT2D eigenvalue weighted by atomic mass is 9.98. The van der Waals surface area contributed by atoms with Crippen LogP contribution in [-0.2, 0) is 4.74 Å². The number of hydrogen-bond acceptors (Lipinski definition) is 3. The molecule has 3 nitrogen and oxygen atoms in total. The Labute approximate surface area is 75.1 Å². The lowest BCUT2D eigenvalue weighted by molar-refractivity contribution is 0.0599. The second-order valence-electron chi connectivity index (χ2n) is 3.15. The molecule has 0 aliphatic rings. The first kappa shape index (κ1) is 11.9. The van der Waals surface area contributed by atoms with Gasteiger partial charge in [0.1, 0.15) is 0 Å². The molecule has 2 N–H and O–H groups in total. The van der Waals surface area contributed by atoms with Gasteiger partial charge in [-0.25, -0.2) is 0 Å². The molecule has 0 bridgehead atoms. The summed E-state index contributed by atoms with van der Waals surface area (Å²) >= 11 is 0. The van der Waals surface area contributed by atoms with Crippen LogP contribution in [0.4, 0.5) is 0 Å². The normalized spacial score (nSPS) is 16.0. The maximum atomic E-state index is 9.19. The van der Waals surface area contributed by atoms with Crippen molar-refractivity contribution < 1.29 is 9.84 Å². The van der Waals surface area contributed by atoms with Gasteiger partial charge in [-0.2, -0.15) is 0 Å². The zero-order valence-electron chi connectivity index (χ0n) is 8.39. The van der Waals surface area contributed by atoms with Gasteiger partial charge in [0, 0.05) is 7.11 Å². The molecule has 0 amide bonds. The van der Waals surface area contributed by atoms with E-state index in [0.717, 1.165) is 19.4 Å². The van der Waals surface area contributed by atoms with Crippen LogP contribution in [0.5, 0.6) is 0 Å². The van der Waals surface area contributed by atoms with Crippen LogP contribution in [-0.4, -0.2) is 37.5 Å². The highest BCUT2D eigenvalue weighted by atomic mass is 16.5. The molecule has 0 fully saturated rings. The molecule has 0 spiro atoms.